The Morgan fingerprint density at radius 1 is 1.41 bits per heavy atom. The molecular weight excluding hydrogens is 280 g/mol. The first-order valence-electron chi connectivity index (χ1n) is 7.43. The van der Waals surface area contributed by atoms with E-state index in [1.165, 1.54) is 0 Å². The molecule has 22 heavy (non-hydrogen) atoms. The third-order valence-corrected chi connectivity index (χ3v) is 4.08. The minimum absolute atomic E-state index is 0.317. The zero-order valence-electron chi connectivity index (χ0n) is 12.7. The maximum atomic E-state index is 5.52. The normalized spacial score (nSPS) is 19.0. The highest BCUT2D eigenvalue weighted by atomic mass is 16.5. The third-order valence-electron chi connectivity index (χ3n) is 4.08. The van der Waals surface area contributed by atoms with E-state index >= 15 is 0 Å². The lowest BCUT2D eigenvalue weighted by Crippen LogP contribution is -2.44. The number of nitrogens with one attached hydrogen (secondary N) is 1. The fourth-order valence-corrected chi connectivity index (χ4v) is 2.90. The van der Waals surface area contributed by atoms with E-state index in [2.05, 4.69) is 40.0 Å². The summed E-state index contributed by atoms with van der Waals surface area (Å²) >= 11 is 0. The Kier molecular flexibility index (Phi) is 3.07. The molecule has 4 heterocycles. The van der Waals surface area contributed by atoms with Crippen LogP contribution in [-0.2, 0) is 4.74 Å². The average molecular weight is 298 g/mol. The second-order valence-electron chi connectivity index (χ2n) is 5.65. The van der Waals surface area contributed by atoms with Gasteiger partial charge in [-0.3, -0.25) is 5.10 Å². The molecule has 3 aromatic heterocycles. The number of fused-ring (bicyclic) bond motifs is 1. The number of anilines is 1. The highest BCUT2D eigenvalue weighted by Crippen LogP contribution is 2.24. The monoisotopic (exact) mass is 298 g/mol. The van der Waals surface area contributed by atoms with Crippen LogP contribution in [0.25, 0.3) is 17.0 Å². The molecule has 1 fully saturated rings. The van der Waals surface area contributed by atoms with Crippen LogP contribution >= 0.6 is 0 Å². The zero-order chi connectivity index (χ0) is 15.1. The van der Waals surface area contributed by atoms with Crippen molar-refractivity contribution in [3.63, 3.8) is 0 Å². The Labute approximate surface area is 127 Å². The summed E-state index contributed by atoms with van der Waals surface area (Å²) < 4.78 is 7.41. The molecule has 7 heteroatoms. The molecule has 1 saturated heterocycles. The molecule has 0 aliphatic carbocycles. The van der Waals surface area contributed by atoms with Crippen molar-refractivity contribution < 1.29 is 4.74 Å². The van der Waals surface area contributed by atoms with E-state index in [0.717, 1.165) is 48.2 Å². The number of aryl methyl sites for hydroxylation is 1. The molecule has 0 unspecified atom stereocenters. The van der Waals surface area contributed by atoms with Gasteiger partial charge in [0.1, 0.15) is 11.5 Å². The number of morpholine rings is 1. The number of rotatable bonds is 2. The molecule has 1 aliphatic rings. The van der Waals surface area contributed by atoms with Gasteiger partial charge in [-0.05, 0) is 31.5 Å². The van der Waals surface area contributed by atoms with Gasteiger partial charge in [0.05, 0.1) is 31.1 Å². The topological polar surface area (TPSA) is 71.3 Å². The SMILES string of the molecule is Cc1cc(N2CCOC[C@H]2C)nn2c(-c3ccn[nH]3)cnc12. The minimum Gasteiger partial charge on any atom is -0.377 e. The fourth-order valence-electron chi connectivity index (χ4n) is 2.90. The van der Waals surface area contributed by atoms with Gasteiger partial charge >= 0.3 is 0 Å². The van der Waals surface area contributed by atoms with Crippen LogP contribution in [0.15, 0.2) is 24.5 Å². The van der Waals surface area contributed by atoms with E-state index in [0.29, 0.717) is 6.04 Å². The molecule has 1 N–H and O–H groups in total. The number of hydrogen-bond donors (Lipinski definition) is 1. The highest BCUT2D eigenvalue weighted by molar-refractivity contribution is 5.63. The number of imidazole rings is 1. The predicted octanol–water partition coefficient (Wildman–Crippen LogP) is 1.65. The standard InChI is InChI=1S/C15H18N6O/c1-10-7-14(20-5-6-22-9-11(20)2)19-21-13(8-16-15(10)21)12-3-4-17-18-12/h3-4,7-8,11H,5-6,9H2,1-2H3,(H,17,18)/t11-/m1/s1. The summed E-state index contributed by atoms with van der Waals surface area (Å²) in [6.45, 7) is 6.54. The van der Waals surface area contributed by atoms with Gasteiger partial charge in [0, 0.05) is 12.7 Å². The van der Waals surface area contributed by atoms with Gasteiger partial charge in [0.15, 0.2) is 5.65 Å². The Morgan fingerprint density at radius 3 is 3.09 bits per heavy atom. The van der Waals surface area contributed by atoms with Gasteiger partial charge < -0.3 is 9.64 Å². The molecule has 0 bridgehead atoms. The summed E-state index contributed by atoms with van der Waals surface area (Å²) in [5, 5.41) is 11.8. The van der Waals surface area contributed by atoms with Crippen LogP contribution in [-0.4, -0.2) is 50.6 Å². The van der Waals surface area contributed by atoms with Crippen LogP contribution in [0.1, 0.15) is 12.5 Å². The molecule has 0 saturated carbocycles. The predicted molar refractivity (Wildman–Crippen MR) is 82.9 cm³/mol. The van der Waals surface area contributed by atoms with Crippen LogP contribution in [0.2, 0.25) is 0 Å². The summed E-state index contributed by atoms with van der Waals surface area (Å²) in [7, 11) is 0. The number of aromatic amines is 1. The summed E-state index contributed by atoms with van der Waals surface area (Å²) in [5.41, 5.74) is 3.80. The summed E-state index contributed by atoms with van der Waals surface area (Å²) in [4.78, 5) is 6.77. The summed E-state index contributed by atoms with van der Waals surface area (Å²) in [6.07, 6.45) is 3.56. The fraction of sp³-hybridized carbons (Fsp3) is 0.400. The molecule has 1 aliphatic heterocycles. The van der Waals surface area contributed by atoms with E-state index < -0.39 is 0 Å². The Morgan fingerprint density at radius 2 is 2.32 bits per heavy atom. The first-order valence-corrected chi connectivity index (χ1v) is 7.43. The second-order valence-corrected chi connectivity index (χ2v) is 5.65. The number of ether oxygens (including phenoxy) is 1. The van der Waals surface area contributed by atoms with Crippen molar-refractivity contribution in [1.29, 1.82) is 0 Å². The van der Waals surface area contributed by atoms with Crippen molar-refractivity contribution in [3.05, 3.63) is 30.1 Å². The van der Waals surface area contributed by atoms with Crippen molar-refractivity contribution in [2.75, 3.05) is 24.7 Å². The number of H-pyrrole nitrogens is 1. The van der Waals surface area contributed by atoms with E-state index in [1.54, 1.807) is 6.20 Å². The molecule has 3 aromatic rings. The van der Waals surface area contributed by atoms with Crippen molar-refractivity contribution >= 4 is 11.5 Å². The Balaban J connectivity index is 1.85. The van der Waals surface area contributed by atoms with Crippen LogP contribution in [0.3, 0.4) is 0 Å². The van der Waals surface area contributed by atoms with Gasteiger partial charge in [-0.1, -0.05) is 0 Å². The van der Waals surface area contributed by atoms with E-state index in [4.69, 9.17) is 9.84 Å². The van der Waals surface area contributed by atoms with Gasteiger partial charge in [-0.25, -0.2) is 9.50 Å². The molecule has 1 atom stereocenters. The van der Waals surface area contributed by atoms with Crippen molar-refractivity contribution in [2.24, 2.45) is 0 Å². The van der Waals surface area contributed by atoms with Crippen molar-refractivity contribution in [1.82, 2.24) is 24.8 Å². The molecule has 0 amide bonds. The minimum atomic E-state index is 0.317. The summed E-state index contributed by atoms with van der Waals surface area (Å²) in [5.74, 6) is 0.958. The Hall–Kier alpha value is -2.41. The average Bonchev–Trinajstić information content (AvgIpc) is 3.16. The summed E-state index contributed by atoms with van der Waals surface area (Å²) in [6, 6.07) is 4.34. The molecule has 114 valence electrons. The van der Waals surface area contributed by atoms with Crippen LogP contribution in [0, 0.1) is 6.92 Å². The molecule has 0 radical (unpaired) electrons. The Bertz CT molecular complexity index is 794. The largest absolute Gasteiger partial charge is 0.377 e. The first-order chi connectivity index (χ1) is 10.7. The van der Waals surface area contributed by atoms with E-state index in [1.807, 2.05) is 16.8 Å². The zero-order valence-corrected chi connectivity index (χ0v) is 12.7. The van der Waals surface area contributed by atoms with Crippen molar-refractivity contribution in [3.8, 4) is 11.4 Å². The van der Waals surface area contributed by atoms with Gasteiger partial charge in [0.25, 0.3) is 0 Å². The molecule has 0 aromatic carbocycles. The molecule has 0 spiro atoms. The van der Waals surface area contributed by atoms with Gasteiger partial charge in [-0.2, -0.15) is 5.10 Å². The molecule has 7 nitrogen and oxygen atoms in total. The molecular formula is C15H18N6O. The van der Waals surface area contributed by atoms with Crippen LogP contribution < -0.4 is 4.90 Å². The van der Waals surface area contributed by atoms with E-state index in [9.17, 15) is 0 Å². The van der Waals surface area contributed by atoms with Crippen molar-refractivity contribution in [2.45, 2.75) is 19.9 Å². The van der Waals surface area contributed by atoms with Crippen LogP contribution in [0.5, 0.6) is 0 Å². The third kappa shape index (κ3) is 2.05. The second kappa shape index (κ2) is 5.10. The number of nitrogens with zero attached hydrogens (tertiary/aromatic N) is 5. The van der Waals surface area contributed by atoms with E-state index in [-0.39, 0.29) is 0 Å². The molecule has 4 rings (SSSR count). The maximum absolute atomic E-state index is 5.52. The lowest BCUT2D eigenvalue weighted by molar-refractivity contribution is 0.0984. The lowest BCUT2D eigenvalue weighted by atomic mass is 10.2. The smallest absolute Gasteiger partial charge is 0.157 e. The first kappa shape index (κ1) is 13.3. The quantitative estimate of drug-likeness (QED) is 0.779. The van der Waals surface area contributed by atoms with Gasteiger partial charge in [-0.15, -0.1) is 5.10 Å². The number of hydrogen-bond acceptors (Lipinski definition) is 5. The highest BCUT2D eigenvalue weighted by Gasteiger charge is 2.22. The van der Waals surface area contributed by atoms with Crippen LogP contribution in [0.4, 0.5) is 5.82 Å². The number of aromatic nitrogens is 5. The maximum Gasteiger partial charge on any atom is 0.157 e. The van der Waals surface area contributed by atoms with Gasteiger partial charge in [0.2, 0.25) is 0 Å². The lowest BCUT2D eigenvalue weighted by Gasteiger charge is -2.34.